The van der Waals surface area contributed by atoms with Crippen LogP contribution < -0.4 is 10.0 Å². The van der Waals surface area contributed by atoms with Gasteiger partial charge in [0.2, 0.25) is 0 Å². The molecule has 4 rings (SSSR count). The van der Waals surface area contributed by atoms with Crippen LogP contribution in [-0.4, -0.2) is 38.4 Å². The summed E-state index contributed by atoms with van der Waals surface area (Å²) in [4.78, 5) is 15.1. The summed E-state index contributed by atoms with van der Waals surface area (Å²) in [6.07, 6.45) is 0.815. The van der Waals surface area contributed by atoms with Gasteiger partial charge in [0, 0.05) is 30.5 Å². The van der Waals surface area contributed by atoms with Gasteiger partial charge in [-0.25, -0.2) is 8.42 Å². The van der Waals surface area contributed by atoms with Crippen molar-refractivity contribution in [2.45, 2.75) is 24.3 Å². The summed E-state index contributed by atoms with van der Waals surface area (Å²) in [7, 11) is -3.85. The Kier molecular flexibility index (Phi) is 5.78. The molecule has 2 N–H and O–H groups in total. The van der Waals surface area contributed by atoms with Gasteiger partial charge in [-0.2, -0.15) is 0 Å². The number of carbonyl (C=O) groups is 1. The van der Waals surface area contributed by atoms with E-state index in [1.165, 1.54) is 6.07 Å². The lowest BCUT2D eigenvalue weighted by Gasteiger charge is -2.18. The molecule has 1 unspecified atom stereocenters. The molecule has 2 aromatic carbocycles. The minimum atomic E-state index is -3.85. The smallest absolute Gasteiger partial charge is 0.265 e. The van der Waals surface area contributed by atoms with Crippen molar-refractivity contribution in [1.29, 1.82) is 0 Å². The van der Waals surface area contributed by atoms with Crippen molar-refractivity contribution in [2.75, 3.05) is 23.1 Å². The third kappa shape index (κ3) is 4.49. The van der Waals surface area contributed by atoms with Crippen LogP contribution in [0.2, 0.25) is 0 Å². The minimum absolute atomic E-state index is 0.0255. The summed E-state index contributed by atoms with van der Waals surface area (Å²) in [6.45, 7) is 3.06. The van der Waals surface area contributed by atoms with Crippen molar-refractivity contribution >= 4 is 38.6 Å². The molecule has 0 radical (unpaired) electrons. The molecule has 1 amide bonds. The van der Waals surface area contributed by atoms with E-state index in [1.807, 2.05) is 49.4 Å². The highest BCUT2D eigenvalue weighted by molar-refractivity contribution is 7.93. The van der Waals surface area contributed by atoms with Crippen molar-refractivity contribution in [2.24, 2.45) is 0 Å². The molecule has 1 aromatic heterocycles. The normalized spacial score (nSPS) is 16.4. The van der Waals surface area contributed by atoms with E-state index in [9.17, 15) is 13.2 Å². The average molecular weight is 442 g/mol. The number of aryl methyl sites for hydroxylation is 1. The predicted molar refractivity (Wildman–Crippen MR) is 121 cm³/mol. The Labute approximate surface area is 180 Å². The molecule has 0 aliphatic carbocycles. The van der Waals surface area contributed by atoms with Crippen LogP contribution in [-0.2, 0) is 10.0 Å². The zero-order chi connectivity index (χ0) is 21.1. The Balaban J connectivity index is 1.47. The highest BCUT2D eigenvalue weighted by atomic mass is 32.2. The van der Waals surface area contributed by atoms with Crippen LogP contribution in [0.5, 0.6) is 0 Å². The SMILES string of the molecule is Cc1ccc(NS(=O)(=O)c2ccsc2C(=O)N2CCC(Nc3ccccc3)C2)cc1. The standard InChI is InChI=1S/C22H23N3O3S2/c1-16-7-9-18(10-8-16)24-30(27,28)20-12-14-29-21(20)22(26)25-13-11-19(15-25)23-17-5-3-2-4-6-17/h2-10,12,14,19,23-24H,11,13,15H2,1H3. The molecule has 6 nitrogen and oxygen atoms in total. The number of amides is 1. The van der Waals surface area contributed by atoms with E-state index in [0.717, 1.165) is 29.0 Å². The van der Waals surface area contributed by atoms with Gasteiger partial charge in [-0.3, -0.25) is 9.52 Å². The van der Waals surface area contributed by atoms with Gasteiger partial charge in [0.15, 0.2) is 0 Å². The third-order valence-corrected chi connectivity index (χ3v) is 7.49. The van der Waals surface area contributed by atoms with E-state index in [0.29, 0.717) is 18.8 Å². The fourth-order valence-electron chi connectivity index (χ4n) is 3.47. The van der Waals surface area contributed by atoms with Crippen LogP contribution in [0.4, 0.5) is 11.4 Å². The number of anilines is 2. The molecule has 2 heterocycles. The lowest BCUT2D eigenvalue weighted by molar-refractivity contribution is 0.0793. The van der Waals surface area contributed by atoms with Crippen molar-refractivity contribution in [3.8, 4) is 0 Å². The van der Waals surface area contributed by atoms with Crippen molar-refractivity contribution in [3.05, 3.63) is 76.5 Å². The topological polar surface area (TPSA) is 78.5 Å². The highest BCUT2D eigenvalue weighted by Crippen LogP contribution is 2.27. The van der Waals surface area contributed by atoms with Gasteiger partial charge in [0.1, 0.15) is 9.77 Å². The van der Waals surface area contributed by atoms with Gasteiger partial charge in [-0.15, -0.1) is 11.3 Å². The van der Waals surface area contributed by atoms with Crippen molar-refractivity contribution in [3.63, 3.8) is 0 Å². The summed E-state index contributed by atoms with van der Waals surface area (Å²) in [5, 5.41) is 5.08. The third-order valence-electron chi connectivity index (χ3n) is 5.04. The van der Waals surface area contributed by atoms with E-state index in [-0.39, 0.29) is 21.7 Å². The molecule has 1 fully saturated rings. The van der Waals surface area contributed by atoms with Gasteiger partial charge in [0.25, 0.3) is 15.9 Å². The van der Waals surface area contributed by atoms with Crippen LogP contribution in [0, 0.1) is 6.92 Å². The minimum Gasteiger partial charge on any atom is -0.380 e. The number of likely N-dealkylation sites (tertiary alicyclic amines) is 1. The van der Waals surface area contributed by atoms with E-state index >= 15 is 0 Å². The second-order valence-electron chi connectivity index (χ2n) is 7.33. The van der Waals surface area contributed by atoms with Gasteiger partial charge in [-0.05, 0) is 49.1 Å². The molecule has 156 valence electrons. The molecule has 30 heavy (non-hydrogen) atoms. The number of hydrogen-bond donors (Lipinski definition) is 2. The van der Waals surface area contributed by atoms with Crippen LogP contribution in [0.25, 0.3) is 0 Å². The summed E-state index contributed by atoms with van der Waals surface area (Å²) in [6, 6.07) is 18.6. The molecule has 1 aliphatic heterocycles. The van der Waals surface area contributed by atoms with Gasteiger partial charge in [-0.1, -0.05) is 35.9 Å². The maximum atomic E-state index is 13.1. The molecule has 0 saturated carbocycles. The summed E-state index contributed by atoms with van der Waals surface area (Å²) in [5.74, 6) is -0.244. The Morgan fingerprint density at radius 3 is 2.50 bits per heavy atom. The Morgan fingerprint density at radius 2 is 1.77 bits per heavy atom. The number of hydrogen-bond acceptors (Lipinski definition) is 5. The first-order chi connectivity index (χ1) is 14.4. The zero-order valence-corrected chi connectivity index (χ0v) is 18.2. The lowest BCUT2D eigenvalue weighted by atomic mass is 10.2. The summed E-state index contributed by atoms with van der Waals surface area (Å²) in [5.41, 5.74) is 2.52. The first-order valence-electron chi connectivity index (χ1n) is 9.70. The maximum Gasteiger partial charge on any atom is 0.265 e. The molecule has 0 bridgehead atoms. The molecular formula is C22H23N3O3S2. The van der Waals surface area contributed by atoms with E-state index in [4.69, 9.17) is 0 Å². The largest absolute Gasteiger partial charge is 0.380 e. The second kappa shape index (κ2) is 8.49. The zero-order valence-electron chi connectivity index (χ0n) is 16.5. The number of sulfonamides is 1. The fourth-order valence-corrected chi connectivity index (χ4v) is 5.92. The number of nitrogens with one attached hydrogen (secondary N) is 2. The van der Waals surface area contributed by atoms with Crippen molar-refractivity contribution < 1.29 is 13.2 Å². The number of thiophene rings is 1. The predicted octanol–water partition coefficient (Wildman–Crippen LogP) is 4.18. The molecule has 3 aromatic rings. The molecule has 1 atom stereocenters. The Bertz CT molecular complexity index is 1130. The van der Waals surface area contributed by atoms with Gasteiger partial charge >= 0.3 is 0 Å². The number of carbonyl (C=O) groups excluding carboxylic acids is 1. The maximum absolute atomic E-state index is 13.1. The summed E-state index contributed by atoms with van der Waals surface area (Å²) < 4.78 is 28.4. The van der Waals surface area contributed by atoms with Gasteiger partial charge in [0.05, 0.1) is 0 Å². The number of benzene rings is 2. The van der Waals surface area contributed by atoms with Crippen molar-refractivity contribution in [1.82, 2.24) is 4.90 Å². The Morgan fingerprint density at radius 1 is 1.03 bits per heavy atom. The molecule has 1 aliphatic rings. The Hall–Kier alpha value is -2.84. The number of para-hydroxylation sites is 1. The first-order valence-corrected chi connectivity index (χ1v) is 12.1. The average Bonchev–Trinajstić information content (AvgIpc) is 3.40. The number of rotatable bonds is 6. The van der Waals surface area contributed by atoms with E-state index in [2.05, 4.69) is 10.0 Å². The van der Waals surface area contributed by atoms with Crippen LogP contribution in [0.15, 0.2) is 70.9 Å². The van der Waals surface area contributed by atoms with Crippen LogP contribution in [0.1, 0.15) is 21.7 Å². The molecular weight excluding hydrogens is 418 g/mol. The van der Waals surface area contributed by atoms with Crippen LogP contribution >= 0.6 is 11.3 Å². The summed E-state index contributed by atoms with van der Waals surface area (Å²) >= 11 is 1.16. The highest BCUT2D eigenvalue weighted by Gasteiger charge is 2.31. The quantitative estimate of drug-likeness (QED) is 0.601. The molecule has 1 saturated heterocycles. The van der Waals surface area contributed by atoms with E-state index in [1.54, 1.807) is 22.4 Å². The van der Waals surface area contributed by atoms with Gasteiger partial charge < -0.3 is 10.2 Å². The second-order valence-corrected chi connectivity index (χ2v) is 9.90. The lowest BCUT2D eigenvalue weighted by Crippen LogP contribution is -2.32. The molecule has 8 heteroatoms. The molecule has 0 spiro atoms. The monoisotopic (exact) mass is 441 g/mol. The van der Waals surface area contributed by atoms with Crippen LogP contribution in [0.3, 0.4) is 0 Å². The fraction of sp³-hybridized carbons (Fsp3) is 0.227. The number of nitrogens with zero attached hydrogens (tertiary/aromatic N) is 1. The van der Waals surface area contributed by atoms with E-state index < -0.39 is 10.0 Å². The first kappa shape index (κ1) is 20.4.